The molecule has 0 radical (unpaired) electrons. The second-order valence-electron chi connectivity index (χ2n) is 7.55. The average Bonchev–Trinajstić information content (AvgIpc) is 2.60. The van der Waals surface area contributed by atoms with E-state index in [1.54, 1.807) is 6.92 Å². The van der Waals surface area contributed by atoms with Gasteiger partial charge in [-0.1, -0.05) is 64.7 Å². The zero-order valence-corrected chi connectivity index (χ0v) is 16.7. The molecule has 0 bridgehead atoms. The molecule has 3 unspecified atom stereocenters. The number of aliphatic carboxylic acids is 1. The Morgan fingerprint density at radius 2 is 1.42 bits per heavy atom. The molecule has 1 rings (SSSR count). The summed E-state index contributed by atoms with van der Waals surface area (Å²) in [5.74, 6) is -0.945. The number of unbranched alkanes of at least 4 members (excludes halogenated alkanes) is 9. The van der Waals surface area contributed by atoms with Crippen LogP contribution in [0.5, 0.6) is 0 Å². The Hall–Kier alpha value is -1.10. The number of rotatable bonds is 15. The Balaban J connectivity index is 2.22. The van der Waals surface area contributed by atoms with Crippen molar-refractivity contribution < 1.29 is 24.2 Å². The van der Waals surface area contributed by atoms with Gasteiger partial charge in [0.15, 0.2) is 6.10 Å². The van der Waals surface area contributed by atoms with Gasteiger partial charge in [-0.3, -0.25) is 4.79 Å². The molecule has 1 fully saturated rings. The Kier molecular flexibility index (Phi) is 12.4. The van der Waals surface area contributed by atoms with Gasteiger partial charge in [0.1, 0.15) is 6.10 Å². The van der Waals surface area contributed by atoms with Crippen molar-refractivity contribution >= 4 is 11.9 Å². The van der Waals surface area contributed by atoms with Gasteiger partial charge in [0.25, 0.3) is 0 Å². The van der Waals surface area contributed by atoms with Crippen molar-refractivity contribution in [1.82, 2.24) is 0 Å². The number of carboxylic acid groups (broad SMARTS) is 1. The summed E-state index contributed by atoms with van der Waals surface area (Å²) in [6, 6.07) is 0. The van der Waals surface area contributed by atoms with Crippen LogP contribution in [0.25, 0.3) is 0 Å². The highest BCUT2D eigenvalue weighted by Crippen LogP contribution is 2.25. The Morgan fingerprint density at radius 3 is 2.04 bits per heavy atom. The molecule has 0 saturated carbocycles. The quantitative estimate of drug-likeness (QED) is 0.315. The lowest BCUT2D eigenvalue weighted by Gasteiger charge is -2.34. The van der Waals surface area contributed by atoms with Crippen LogP contribution in [0.4, 0.5) is 0 Å². The first-order valence-electron chi connectivity index (χ1n) is 10.6. The molecule has 1 heterocycles. The molecule has 5 nitrogen and oxygen atoms in total. The number of carboxylic acids is 1. The monoisotopic (exact) mass is 370 g/mol. The van der Waals surface area contributed by atoms with E-state index in [1.807, 2.05) is 0 Å². The van der Waals surface area contributed by atoms with E-state index in [2.05, 4.69) is 6.92 Å². The van der Waals surface area contributed by atoms with Crippen LogP contribution in [-0.4, -0.2) is 35.4 Å². The predicted octanol–water partition coefficient (Wildman–Crippen LogP) is 5.25. The van der Waals surface area contributed by atoms with Crippen LogP contribution in [-0.2, 0) is 19.1 Å². The second kappa shape index (κ2) is 14.0. The molecule has 5 heteroatoms. The molecule has 0 amide bonds. The molecule has 0 aliphatic carbocycles. The molecule has 0 aromatic heterocycles. The van der Waals surface area contributed by atoms with E-state index in [4.69, 9.17) is 14.6 Å². The summed E-state index contributed by atoms with van der Waals surface area (Å²) in [4.78, 5) is 22.3. The van der Waals surface area contributed by atoms with Crippen molar-refractivity contribution in [1.29, 1.82) is 0 Å². The average molecular weight is 371 g/mol. The first-order valence-corrected chi connectivity index (χ1v) is 10.6. The summed E-state index contributed by atoms with van der Waals surface area (Å²) in [6.45, 7) is 3.99. The van der Waals surface area contributed by atoms with E-state index in [1.165, 1.54) is 32.1 Å². The molecule has 3 atom stereocenters. The number of ether oxygens (including phenoxy) is 2. The fraction of sp³-hybridized carbons (Fsp3) is 0.905. The maximum absolute atomic E-state index is 11.8. The molecule has 0 spiro atoms. The fourth-order valence-corrected chi connectivity index (χ4v) is 3.50. The number of esters is 1. The normalized spacial score (nSPS) is 23.0. The highest BCUT2D eigenvalue weighted by atomic mass is 16.6. The minimum Gasteiger partial charge on any atom is -0.481 e. The van der Waals surface area contributed by atoms with Gasteiger partial charge in [0, 0.05) is 6.42 Å². The number of carbonyl (C=O) groups is 2. The Bertz CT molecular complexity index is 396. The van der Waals surface area contributed by atoms with Gasteiger partial charge in [-0.15, -0.1) is 0 Å². The van der Waals surface area contributed by atoms with Crippen LogP contribution in [0.1, 0.15) is 104 Å². The smallest absolute Gasteiger partial charge is 0.335 e. The molecular weight excluding hydrogens is 332 g/mol. The van der Waals surface area contributed by atoms with Gasteiger partial charge in [-0.2, -0.15) is 0 Å². The zero-order valence-electron chi connectivity index (χ0n) is 16.7. The summed E-state index contributed by atoms with van der Waals surface area (Å²) >= 11 is 0. The number of hydrogen-bond acceptors (Lipinski definition) is 4. The van der Waals surface area contributed by atoms with Crippen molar-refractivity contribution in [2.75, 3.05) is 0 Å². The fourth-order valence-electron chi connectivity index (χ4n) is 3.50. The lowest BCUT2D eigenvalue weighted by molar-refractivity contribution is -0.199. The predicted molar refractivity (Wildman–Crippen MR) is 102 cm³/mol. The Morgan fingerprint density at radius 1 is 0.885 bits per heavy atom. The highest BCUT2D eigenvalue weighted by molar-refractivity contribution is 5.75. The summed E-state index contributed by atoms with van der Waals surface area (Å²) in [6.07, 6.45) is 13.8. The van der Waals surface area contributed by atoms with E-state index in [-0.39, 0.29) is 24.6 Å². The first kappa shape index (κ1) is 22.9. The van der Waals surface area contributed by atoms with Crippen LogP contribution in [0.3, 0.4) is 0 Å². The maximum atomic E-state index is 11.8. The largest absolute Gasteiger partial charge is 0.481 e. The Labute approximate surface area is 158 Å². The third-order valence-corrected chi connectivity index (χ3v) is 5.11. The van der Waals surface area contributed by atoms with Crippen molar-refractivity contribution in [3.05, 3.63) is 0 Å². The third kappa shape index (κ3) is 10.1. The summed E-state index contributed by atoms with van der Waals surface area (Å²) in [5.41, 5.74) is 0. The topological polar surface area (TPSA) is 72.8 Å². The third-order valence-electron chi connectivity index (χ3n) is 5.11. The molecule has 1 N–H and O–H groups in total. The van der Waals surface area contributed by atoms with Gasteiger partial charge in [0.05, 0.1) is 6.10 Å². The minimum atomic E-state index is -0.714. The number of hydrogen-bond donors (Lipinski definition) is 1. The van der Waals surface area contributed by atoms with Crippen LogP contribution in [0.2, 0.25) is 0 Å². The van der Waals surface area contributed by atoms with Crippen LogP contribution < -0.4 is 0 Å². The highest BCUT2D eigenvalue weighted by Gasteiger charge is 2.35. The summed E-state index contributed by atoms with van der Waals surface area (Å²) < 4.78 is 11.5. The summed E-state index contributed by atoms with van der Waals surface area (Å²) in [7, 11) is 0. The van der Waals surface area contributed by atoms with Crippen molar-refractivity contribution in [3.8, 4) is 0 Å². The second-order valence-corrected chi connectivity index (χ2v) is 7.55. The first-order chi connectivity index (χ1) is 12.5. The van der Waals surface area contributed by atoms with Crippen LogP contribution in [0.15, 0.2) is 0 Å². The van der Waals surface area contributed by atoms with Gasteiger partial charge in [0.2, 0.25) is 0 Å². The van der Waals surface area contributed by atoms with Crippen molar-refractivity contribution in [3.63, 3.8) is 0 Å². The molecule has 0 aromatic rings. The SMILES string of the molecule is CCCCCCCCC1OC(=O)C(C)OC1CCCCCCCC(=O)O. The van der Waals surface area contributed by atoms with E-state index in [0.717, 1.165) is 51.4 Å². The number of cyclic esters (lactones) is 1. The van der Waals surface area contributed by atoms with Gasteiger partial charge < -0.3 is 14.6 Å². The van der Waals surface area contributed by atoms with Gasteiger partial charge in [-0.25, -0.2) is 4.79 Å². The number of carbonyl (C=O) groups excluding carboxylic acids is 1. The molecule has 0 aromatic carbocycles. The molecule has 1 aliphatic rings. The molecule has 1 aliphatic heterocycles. The molecule has 26 heavy (non-hydrogen) atoms. The van der Waals surface area contributed by atoms with Crippen molar-refractivity contribution in [2.45, 2.75) is 122 Å². The lowest BCUT2D eigenvalue weighted by Crippen LogP contribution is -2.45. The molecule has 1 saturated heterocycles. The van der Waals surface area contributed by atoms with Gasteiger partial charge in [-0.05, 0) is 32.6 Å². The minimum absolute atomic E-state index is 0.0114. The summed E-state index contributed by atoms with van der Waals surface area (Å²) in [5, 5.41) is 8.64. The standard InChI is InChI=1S/C21H38O5/c1-3-4-5-6-8-12-15-19-18(25-17(2)21(24)26-19)14-11-9-7-10-13-16-20(22)23/h17-19H,3-16H2,1-2H3,(H,22,23). The van der Waals surface area contributed by atoms with Crippen LogP contribution in [0, 0.1) is 0 Å². The lowest BCUT2D eigenvalue weighted by atomic mass is 9.98. The van der Waals surface area contributed by atoms with E-state index >= 15 is 0 Å². The van der Waals surface area contributed by atoms with E-state index in [9.17, 15) is 9.59 Å². The van der Waals surface area contributed by atoms with E-state index < -0.39 is 12.1 Å². The zero-order chi connectivity index (χ0) is 19.2. The van der Waals surface area contributed by atoms with Crippen LogP contribution >= 0.6 is 0 Å². The molecular formula is C21H38O5. The van der Waals surface area contributed by atoms with Gasteiger partial charge >= 0.3 is 11.9 Å². The molecule has 152 valence electrons. The maximum Gasteiger partial charge on any atom is 0.335 e. The van der Waals surface area contributed by atoms with Crippen molar-refractivity contribution in [2.24, 2.45) is 0 Å². The van der Waals surface area contributed by atoms with E-state index in [0.29, 0.717) is 0 Å².